The van der Waals surface area contributed by atoms with Gasteiger partial charge in [-0.25, -0.2) is 17.6 Å². The van der Waals surface area contributed by atoms with Gasteiger partial charge in [0.15, 0.2) is 17.5 Å². The molecule has 3 rings (SSSR count). The molecule has 2 aromatic carbocycles. The molecule has 0 heterocycles. The molecule has 0 atom stereocenters. The third-order valence-corrected chi connectivity index (χ3v) is 4.94. The van der Waals surface area contributed by atoms with Gasteiger partial charge in [0, 0.05) is 5.56 Å². The minimum Gasteiger partial charge on any atom is -0.330 e. The Hall–Kier alpha value is -1.88. The molecule has 1 saturated carbocycles. The Morgan fingerprint density at radius 2 is 1.46 bits per heavy atom. The molecule has 0 unspecified atom stereocenters. The van der Waals surface area contributed by atoms with E-state index in [0.717, 1.165) is 43.4 Å². The lowest BCUT2D eigenvalue weighted by molar-refractivity contribution is 0.332. The predicted molar refractivity (Wildman–Crippen MR) is 85.5 cm³/mol. The number of rotatable bonds is 3. The van der Waals surface area contributed by atoms with Gasteiger partial charge in [0.2, 0.25) is 0 Å². The Morgan fingerprint density at radius 3 is 2.00 bits per heavy atom. The second-order valence-electron chi connectivity index (χ2n) is 6.45. The molecule has 0 saturated heterocycles. The van der Waals surface area contributed by atoms with Crippen LogP contribution in [0, 0.1) is 29.2 Å². The Kier molecular flexibility index (Phi) is 4.90. The maximum Gasteiger partial charge on any atom is 0.194 e. The average molecular weight is 337 g/mol. The van der Waals surface area contributed by atoms with Gasteiger partial charge in [-0.2, -0.15) is 0 Å². The van der Waals surface area contributed by atoms with Gasteiger partial charge in [-0.05, 0) is 73.4 Å². The van der Waals surface area contributed by atoms with Gasteiger partial charge < -0.3 is 5.73 Å². The van der Waals surface area contributed by atoms with Crippen LogP contribution in [0.4, 0.5) is 17.6 Å². The summed E-state index contributed by atoms with van der Waals surface area (Å²) in [6, 6.07) is 6.32. The summed E-state index contributed by atoms with van der Waals surface area (Å²) in [4.78, 5) is 0. The highest BCUT2D eigenvalue weighted by atomic mass is 19.2. The summed E-state index contributed by atoms with van der Waals surface area (Å²) >= 11 is 0. The summed E-state index contributed by atoms with van der Waals surface area (Å²) in [6.07, 6.45) is 3.97. The average Bonchev–Trinajstić information content (AvgIpc) is 2.59. The highest BCUT2D eigenvalue weighted by molar-refractivity contribution is 5.65. The summed E-state index contributed by atoms with van der Waals surface area (Å²) in [5.74, 6) is -3.94. The van der Waals surface area contributed by atoms with E-state index in [9.17, 15) is 17.6 Å². The van der Waals surface area contributed by atoms with Gasteiger partial charge in [-0.15, -0.1) is 0 Å². The van der Waals surface area contributed by atoms with E-state index in [1.165, 1.54) is 12.1 Å². The molecule has 1 aliphatic rings. The van der Waals surface area contributed by atoms with Crippen LogP contribution >= 0.6 is 0 Å². The molecule has 0 aromatic heterocycles. The van der Waals surface area contributed by atoms with Crippen LogP contribution in [0.5, 0.6) is 0 Å². The molecule has 0 amide bonds. The van der Waals surface area contributed by atoms with Crippen molar-refractivity contribution in [2.24, 2.45) is 11.7 Å². The fraction of sp³-hybridized carbons (Fsp3) is 0.368. The van der Waals surface area contributed by atoms with E-state index >= 15 is 0 Å². The SMILES string of the molecule is NCC1CCC(c2ccc(-c3cc(F)c(F)c(F)c3)c(F)c2)CC1. The van der Waals surface area contributed by atoms with E-state index in [4.69, 9.17) is 5.73 Å². The molecule has 5 heteroatoms. The maximum absolute atomic E-state index is 14.4. The van der Waals surface area contributed by atoms with Gasteiger partial charge in [0.1, 0.15) is 5.82 Å². The molecule has 0 radical (unpaired) electrons. The van der Waals surface area contributed by atoms with Crippen molar-refractivity contribution in [2.45, 2.75) is 31.6 Å². The molecular weight excluding hydrogens is 318 g/mol. The van der Waals surface area contributed by atoms with Crippen molar-refractivity contribution in [3.05, 3.63) is 59.2 Å². The highest BCUT2D eigenvalue weighted by Crippen LogP contribution is 2.37. The molecule has 2 N–H and O–H groups in total. The van der Waals surface area contributed by atoms with Crippen LogP contribution in [0.3, 0.4) is 0 Å². The van der Waals surface area contributed by atoms with E-state index in [1.54, 1.807) is 6.07 Å². The first kappa shape index (κ1) is 17.0. The van der Waals surface area contributed by atoms with Crippen LogP contribution in [0.1, 0.15) is 37.2 Å². The topological polar surface area (TPSA) is 26.0 Å². The molecule has 128 valence electrons. The largest absolute Gasteiger partial charge is 0.330 e. The zero-order valence-electron chi connectivity index (χ0n) is 13.2. The van der Waals surface area contributed by atoms with Crippen LogP contribution in [-0.2, 0) is 0 Å². The Balaban J connectivity index is 1.85. The number of benzene rings is 2. The smallest absolute Gasteiger partial charge is 0.194 e. The lowest BCUT2D eigenvalue weighted by Gasteiger charge is -2.28. The summed E-state index contributed by atoms with van der Waals surface area (Å²) in [5, 5.41) is 0. The zero-order valence-corrected chi connectivity index (χ0v) is 13.2. The van der Waals surface area contributed by atoms with E-state index in [-0.39, 0.29) is 17.0 Å². The molecule has 24 heavy (non-hydrogen) atoms. The molecule has 1 fully saturated rings. The molecule has 1 nitrogen and oxygen atoms in total. The highest BCUT2D eigenvalue weighted by Gasteiger charge is 2.22. The lowest BCUT2D eigenvalue weighted by atomic mass is 9.78. The van der Waals surface area contributed by atoms with Gasteiger partial charge in [0.25, 0.3) is 0 Å². The predicted octanol–water partition coefficient (Wildman–Crippen LogP) is 5.14. The van der Waals surface area contributed by atoms with E-state index in [0.29, 0.717) is 12.5 Å². The molecule has 1 aliphatic carbocycles. The Bertz CT molecular complexity index is 713. The van der Waals surface area contributed by atoms with Crippen molar-refractivity contribution in [1.82, 2.24) is 0 Å². The second kappa shape index (κ2) is 6.93. The van der Waals surface area contributed by atoms with E-state index in [2.05, 4.69) is 0 Å². The zero-order chi connectivity index (χ0) is 17.3. The molecule has 0 bridgehead atoms. The number of hydrogen-bond donors (Lipinski definition) is 1. The minimum atomic E-state index is -1.55. The van der Waals surface area contributed by atoms with Crippen molar-refractivity contribution in [2.75, 3.05) is 6.54 Å². The molecular formula is C19H19F4N. The van der Waals surface area contributed by atoms with Crippen LogP contribution in [-0.4, -0.2) is 6.54 Å². The summed E-state index contributed by atoms with van der Waals surface area (Å²) < 4.78 is 54.2. The monoisotopic (exact) mass is 337 g/mol. The third kappa shape index (κ3) is 3.31. The van der Waals surface area contributed by atoms with E-state index < -0.39 is 23.3 Å². The van der Waals surface area contributed by atoms with Crippen LogP contribution in [0.15, 0.2) is 30.3 Å². The van der Waals surface area contributed by atoms with Crippen molar-refractivity contribution >= 4 is 0 Å². The summed E-state index contributed by atoms with van der Waals surface area (Å²) in [5.41, 5.74) is 6.62. The first-order valence-electron chi connectivity index (χ1n) is 8.14. The minimum absolute atomic E-state index is 0.0118. The number of halogens is 4. The van der Waals surface area contributed by atoms with E-state index in [1.807, 2.05) is 0 Å². The van der Waals surface area contributed by atoms with Crippen molar-refractivity contribution in [3.8, 4) is 11.1 Å². The third-order valence-electron chi connectivity index (χ3n) is 4.94. The maximum atomic E-state index is 14.4. The van der Waals surface area contributed by atoms with Gasteiger partial charge in [-0.3, -0.25) is 0 Å². The molecule has 0 aliphatic heterocycles. The first-order valence-corrected chi connectivity index (χ1v) is 8.14. The van der Waals surface area contributed by atoms with Crippen LogP contribution in [0.25, 0.3) is 11.1 Å². The Labute approximate surface area is 138 Å². The standard InChI is InChI=1S/C19H19F4N/c20-16-7-13(12-3-1-11(10-24)2-4-12)5-6-15(16)14-8-17(21)19(23)18(22)9-14/h5-9,11-12H,1-4,10,24H2. The van der Waals surface area contributed by atoms with Crippen molar-refractivity contribution < 1.29 is 17.6 Å². The fourth-order valence-corrected chi connectivity index (χ4v) is 3.46. The lowest BCUT2D eigenvalue weighted by Crippen LogP contribution is -2.20. The Morgan fingerprint density at radius 1 is 0.833 bits per heavy atom. The van der Waals surface area contributed by atoms with Gasteiger partial charge in [0.05, 0.1) is 0 Å². The summed E-state index contributed by atoms with van der Waals surface area (Å²) in [6.45, 7) is 0.682. The fourth-order valence-electron chi connectivity index (χ4n) is 3.46. The normalized spacial score (nSPS) is 21.0. The number of nitrogens with two attached hydrogens (primary N) is 1. The van der Waals surface area contributed by atoms with Crippen LogP contribution < -0.4 is 5.73 Å². The molecule has 2 aromatic rings. The second-order valence-corrected chi connectivity index (χ2v) is 6.45. The van der Waals surface area contributed by atoms with Crippen LogP contribution in [0.2, 0.25) is 0 Å². The molecule has 0 spiro atoms. The van der Waals surface area contributed by atoms with Gasteiger partial charge >= 0.3 is 0 Å². The quantitative estimate of drug-likeness (QED) is 0.609. The summed E-state index contributed by atoms with van der Waals surface area (Å²) in [7, 11) is 0. The first-order chi connectivity index (χ1) is 11.5. The van der Waals surface area contributed by atoms with Gasteiger partial charge in [-0.1, -0.05) is 12.1 Å². The number of hydrogen-bond acceptors (Lipinski definition) is 1. The van der Waals surface area contributed by atoms with Crippen molar-refractivity contribution in [3.63, 3.8) is 0 Å². The van der Waals surface area contributed by atoms with Crippen molar-refractivity contribution in [1.29, 1.82) is 0 Å².